The molecular weight excluding hydrogens is 194 g/mol. The summed E-state index contributed by atoms with van der Waals surface area (Å²) in [5, 5.41) is 17.5. The predicted molar refractivity (Wildman–Crippen MR) is 43.6 cm³/mol. The van der Waals surface area contributed by atoms with Crippen LogP contribution in [0.4, 0.5) is 8.78 Å². The van der Waals surface area contributed by atoms with Crippen LogP contribution in [0.3, 0.4) is 0 Å². The Labute approximate surface area is 78.6 Å². The van der Waals surface area contributed by atoms with Gasteiger partial charge in [-0.3, -0.25) is 4.79 Å². The van der Waals surface area contributed by atoms with Crippen molar-refractivity contribution in [3.05, 3.63) is 35.4 Å². The fraction of sp³-hybridized carbons (Fsp3) is 0.222. The average Bonchev–Trinajstić information content (AvgIpc) is 2.08. The van der Waals surface area contributed by atoms with Gasteiger partial charge in [-0.25, -0.2) is 8.78 Å². The molecule has 1 atom stereocenters. The highest BCUT2D eigenvalue weighted by Crippen LogP contribution is 2.21. The molecule has 0 bridgehead atoms. The van der Waals surface area contributed by atoms with Crippen molar-refractivity contribution in [2.45, 2.75) is 12.5 Å². The van der Waals surface area contributed by atoms with Crippen LogP contribution in [0.25, 0.3) is 0 Å². The number of carboxylic acids is 1. The second kappa shape index (κ2) is 4.15. The van der Waals surface area contributed by atoms with Crippen molar-refractivity contribution < 1.29 is 23.8 Å². The second-order valence-corrected chi connectivity index (χ2v) is 2.76. The highest BCUT2D eigenvalue weighted by Gasteiger charge is 2.18. The lowest BCUT2D eigenvalue weighted by Crippen LogP contribution is -2.08. The van der Waals surface area contributed by atoms with Crippen molar-refractivity contribution in [2.75, 3.05) is 0 Å². The number of carboxylic acid groups (broad SMARTS) is 1. The average molecular weight is 202 g/mol. The van der Waals surface area contributed by atoms with E-state index in [1.807, 2.05) is 0 Å². The van der Waals surface area contributed by atoms with Gasteiger partial charge in [0, 0.05) is 5.56 Å². The lowest BCUT2D eigenvalue weighted by molar-refractivity contribution is -0.139. The first-order chi connectivity index (χ1) is 6.52. The Hall–Kier alpha value is -1.49. The van der Waals surface area contributed by atoms with Gasteiger partial charge in [0.2, 0.25) is 0 Å². The minimum absolute atomic E-state index is 0.340. The first-order valence-electron chi connectivity index (χ1n) is 3.86. The van der Waals surface area contributed by atoms with Gasteiger partial charge < -0.3 is 10.2 Å². The van der Waals surface area contributed by atoms with Gasteiger partial charge in [0.1, 0.15) is 0 Å². The van der Waals surface area contributed by atoms with E-state index >= 15 is 0 Å². The van der Waals surface area contributed by atoms with E-state index in [1.54, 1.807) is 0 Å². The van der Waals surface area contributed by atoms with Gasteiger partial charge in [0.25, 0.3) is 0 Å². The molecule has 0 fully saturated rings. The molecule has 2 N–H and O–H groups in total. The molecule has 0 aliphatic rings. The zero-order valence-corrected chi connectivity index (χ0v) is 7.08. The third-order valence-electron chi connectivity index (χ3n) is 1.71. The van der Waals surface area contributed by atoms with Crippen LogP contribution in [-0.2, 0) is 4.79 Å². The molecule has 14 heavy (non-hydrogen) atoms. The summed E-state index contributed by atoms with van der Waals surface area (Å²) in [4.78, 5) is 10.2. The number of aliphatic hydroxyl groups excluding tert-OH is 1. The van der Waals surface area contributed by atoms with Gasteiger partial charge in [-0.15, -0.1) is 0 Å². The van der Waals surface area contributed by atoms with Crippen LogP contribution in [-0.4, -0.2) is 16.2 Å². The summed E-state index contributed by atoms with van der Waals surface area (Å²) in [5.41, 5.74) is -0.340. The topological polar surface area (TPSA) is 57.5 Å². The van der Waals surface area contributed by atoms with Crippen LogP contribution in [0.1, 0.15) is 18.1 Å². The van der Waals surface area contributed by atoms with E-state index in [2.05, 4.69) is 0 Å². The minimum Gasteiger partial charge on any atom is -0.481 e. The molecule has 0 radical (unpaired) electrons. The third-order valence-corrected chi connectivity index (χ3v) is 1.71. The van der Waals surface area contributed by atoms with E-state index in [1.165, 1.54) is 6.07 Å². The molecule has 3 nitrogen and oxygen atoms in total. The van der Waals surface area contributed by atoms with E-state index in [0.717, 1.165) is 12.1 Å². The molecule has 0 aliphatic heterocycles. The van der Waals surface area contributed by atoms with Crippen LogP contribution in [0.5, 0.6) is 0 Å². The Morgan fingerprint density at radius 1 is 1.43 bits per heavy atom. The van der Waals surface area contributed by atoms with E-state index in [4.69, 9.17) is 5.11 Å². The zero-order chi connectivity index (χ0) is 10.7. The first kappa shape index (κ1) is 10.6. The van der Waals surface area contributed by atoms with Crippen LogP contribution in [0.15, 0.2) is 18.2 Å². The summed E-state index contributed by atoms with van der Waals surface area (Å²) in [6.45, 7) is 0. The summed E-state index contributed by atoms with van der Waals surface area (Å²) in [6, 6.07) is 3.25. The molecule has 0 heterocycles. The largest absolute Gasteiger partial charge is 0.481 e. The minimum atomic E-state index is -1.52. The fourth-order valence-corrected chi connectivity index (χ4v) is 1.05. The quantitative estimate of drug-likeness (QED) is 0.780. The third kappa shape index (κ3) is 2.26. The van der Waals surface area contributed by atoms with Crippen LogP contribution in [0.2, 0.25) is 0 Å². The Balaban J connectivity index is 2.95. The molecule has 1 aromatic rings. The number of carbonyl (C=O) groups is 1. The summed E-state index contributed by atoms with van der Waals surface area (Å²) in [7, 11) is 0. The van der Waals surface area contributed by atoms with Gasteiger partial charge in [0.05, 0.1) is 12.5 Å². The van der Waals surface area contributed by atoms with Gasteiger partial charge in [-0.1, -0.05) is 12.1 Å². The molecule has 0 saturated carbocycles. The lowest BCUT2D eigenvalue weighted by Gasteiger charge is -2.09. The number of halogens is 2. The van der Waals surface area contributed by atoms with Gasteiger partial charge in [-0.05, 0) is 6.07 Å². The van der Waals surface area contributed by atoms with Crippen LogP contribution in [0, 0.1) is 11.6 Å². The fourth-order valence-electron chi connectivity index (χ4n) is 1.05. The Kier molecular flexibility index (Phi) is 3.14. The number of hydrogen-bond donors (Lipinski definition) is 2. The lowest BCUT2D eigenvalue weighted by atomic mass is 10.1. The van der Waals surface area contributed by atoms with Crippen LogP contribution >= 0.6 is 0 Å². The van der Waals surface area contributed by atoms with Crippen LogP contribution < -0.4 is 0 Å². The highest BCUT2D eigenvalue weighted by atomic mass is 19.2. The summed E-state index contributed by atoms with van der Waals surface area (Å²) in [6.07, 6.45) is -2.18. The Morgan fingerprint density at radius 2 is 2.07 bits per heavy atom. The Morgan fingerprint density at radius 3 is 2.64 bits per heavy atom. The van der Waals surface area contributed by atoms with Gasteiger partial charge in [0.15, 0.2) is 11.6 Å². The van der Waals surface area contributed by atoms with Crippen molar-refractivity contribution in [1.29, 1.82) is 0 Å². The summed E-state index contributed by atoms with van der Waals surface area (Å²) < 4.78 is 25.6. The number of aliphatic hydroxyl groups is 1. The molecule has 5 heteroatoms. The SMILES string of the molecule is O=C(O)CC(O)c1cccc(F)c1F. The molecule has 0 amide bonds. The van der Waals surface area contributed by atoms with Gasteiger partial charge >= 0.3 is 5.97 Å². The molecule has 0 aliphatic carbocycles. The maximum Gasteiger partial charge on any atom is 0.306 e. The number of aliphatic carboxylic acids is 1. The van der Waals surface area contributed by atoms with Crippen molar-refractivity contribution >= 4 is 5.97 Å². The zero-order valence-electron chi connectivity index (χ0n) is 7.08. The van der Waals surface area contributed by atoms with Crippen molar-refractivity contribution in [2.24, 2.45) is 0 Å². The first-order valence-corrected chi connectivity index (χ1v) is 3.86. The number of benzene rings is 1. The van der Waals surface area contributed by atoms with Crippen molar-refractivity contribution in [3.8, 4) is 0 Å². The maximum atomic E-state index is 13.0. The second-order valence-electron chi connectivity index (χ2n) is 2.76. The molecule has 0 spiro atoms. The smallest absolute Gasteiger partial charge is 0.306 e. The molecule has 0 aromatic heterocycles. The maximum absolute atomic E-state index is 13.0. The van der Waals surface area contributed by atoms with E-state index in [9.17, 15) is 18.7 Å². The molecule has 1 rings (SSSR count). The Bertz CT molecular complexity index is 352. The molecule has 1 aromatic carbocycles. The molecular formula is C9H8F2O3. The normalized spacial score (nSPS) is 12.5. The van der Waals surface area contributed by atoms with Gasteiger partial charge in [-0.2, -0.15) is 0 Å². The monoisotopic (exact) mass is 202 g/mol. The summed E-state index contributed by atoms with van der Waals surface area (Å²) >= 11 is 0. The molecule has 0 saturated heterocycles. The highest BCUT2D eigenvalue weighted by molar-refractivity contribution is 5.67. The van der Waals surface area contributed by atoms with Crippen molar-refractivity contribution in [1.82, 2.24) is 0 Å². The predicted octanol–water partition coefficient (Wildman–Crippen LogP) is 1.47. The standard InChI is InChI=1S/C9H8F2O3/c10-6-3-1-2-5(9(6)11)7(12)4-8(13)14/h1-3,7,12H,4H2,(H,13,14). The molecule has 76 valence electrons. The van der Waals surface area contributed by atoms with E-state index < -0.39 is 30.1 Å². The number of rotatable bonds is 3. The number of hydrogen-bond acceptors (Lipinski definition) is 2. The molecule has 1 unspecified atom stereocenters. The van der Waals surface area contributed by atoms with E-state index in [-0.39, 0.29) is 5.56 Å². The van der Waals surface area contributed by atoms with Crippen molar-refractivity contribution in [3.63, 3.8) is 0 Å². The summed E-state index contributed by atoms with van der Waals surface area (Å²) in [5.74, 6) is -3.59. The van der Waals surface area contributed by atoms with E-state index in [0.29, 0.717) is 0 Å².